The largest absolute Gasteiger partial charge is 0.396 e. The molecule has 0 aliphatic heterocycles. The Labute approximate surface area is 123 Å². The monoisotopic (exact) mass is 291 g/mol. The smallest absolute Gasteiger partial charge is 0.128 e. The summed E-state index contributed by atoms with van der Waals surface area (Å²) >= 11 is 0. The number of anilines is 1. The Bertz CT molecular complexity index is 601. The van der Waals surface area contributed by atoms with Gasteiger partial charge in [-0.1, -0.05) is 12.1 Å². The number of halogens is 2. The van der Waals surface area contributed by atoms with E-state index in [9.17, 15) is 8.78 Å². The summed E-state index contributed by atoms with van der Waals surface area (Å²) in [7, 11) is 0. The molecule has 2 rings (SSSR count). The number of aliphatic hydroxyl groups excluding tert-OH is 1. The lowest BCUT2D eigenvalue weighted by molar-refractivity contribution is 0.288. The number of nitrogens with one attached hydrogen (secondary N) is 1. The summed E-state index contributed by atoms with van der Waals surface area (Å²) in [5.74, 6) is -0.871. The first-order chi connectivity index (χ1) is 10.1. The van der Waals surface area contributed by atoms with Crippen LogP contribution in [0.5, 0.6) is 0 Å². The summed E-state index contributed by atoms with van der Waals surface area (Å²) in [6.45, 7) is 1.95. The van der Waals surface area contributed by atoms with Crippen molar-refractivity contribution < 1.29 is 13.9 Å². The van der Waals surface area contributed by atoms with E-state index in [0.29, 0.717) is 12.0 Å². The molecule has 0 spiro atoms. The fourth-order valence-electron chi connectivity index (χ4n) is 2.27. The summed E-state index contributed by atoms with van der Waals surface area (Å²) in [5.41, 5.74) is 2.25. The number of aryl methyl sites for hydroxylation is 1. The van der Waals surface area contributed by atoms with Crippen LogP contribution in [0.3, 0.4) is 0 Å². The third-order valence-corrected chi connectivity index (χ3v) is 3.36. The van der Waals surface area contributed by atoms with Gasteiger partial charge < -0.3 is 10.4 Å². The lowest BCUT2D eigenvalue weighted by Crippen LogP contribution is -2.09. The molecule has 0 saturated carbocycles. The predicted molar refractivity (Wildman–Crippen MR) is 80.2 cm³/mol. The molecule has 0 saturated heterocycles. The standard InChI is InChI=1S/C17H19F2NO/c1-12(16-11-14(18)7-8-17(16)19)20-15-6-2-4-13(10-15)5-3-9-21/h2,4,6-8,10-12,20-21H,3,5,9H2,1H3. The molecule has 2 aromatic carbocycles. The molecule has 0 amide bonds. The number of aliphatic hydroxyl groups is 1. The van der Waals surface area contributed by atoms with E-state index in [1.807, 2.05) is 24.3 Å². The van der Waals surface area contributed by atoms with Gasteiger partial charge in [-0.3, -0.25) is 0 Å². The van der Waals surface area contributed by atoms with Crippen molar-refractivity contribution in [1.82, 2.24) is 0 Å². The molecule has 21 heavy (non-hydrogen) atoms. The SMILES string of the molecule is CC(Nc1cccc(CCCO)c1)c1cc(F)ccc1F. The Balaban J connectivity index is 2.11. The molecule has 2 aromatic rings. The molecule has 0 fully saturated rings. The van der Waals surface area contributed by atoms with Crippen molar-refractivity contribution >= 4 is 5.69 Å². The topological polar surface area (TPSA) is 32.3 Å². The number of hydrogen-bond donors (Lipinski definition) is 2. The summed E-state index contributed by atoms with van der Waals surface area (Å²) in [4.78, 5) is 0. The average Bonchev–Trinajstić information content (AvgIpc) is 2.48. The van der Waals surface area contributed by atoms with Gasteiger partial charge in [0.05, 0.1) is 6.04 Å². The highest BCUT2D eigenvalue weighted by Crippen LogP contribution is 2.23. The maximum atomic E-state index is 13.7. The first-order valence-corrected chi connectivity index (χ1v) is 7.01. The highest BCUT2D eigenvalue weighted by atomic mass is 19.1. The minimum atomic E-state index is -0.447. The van der Waals surface area contributed by atoms with Crippen molar-refractivity contribution in [2.24, 2.45) is 0 Å². The fourth-order valence-corrected chi connectivity index (χ4v) is 2.27. The quantitative estimate of drug-likeness (QED) is 0.841. The molecule has 112 valence electrons. The molecular weight excluding hydrogens is 272 g/mol. The molecule has 0 aliphatic rings. The second-order valence-electron chi connectivity index (χ2n) is 5.06. The van der Waals surface area contributed by atoms with E-state index in [0.717, 1.165) is 29.8 Å². The predicted octanol–water partition coefficient (Wildman–Crippen LogP) is 4.06. The van der Waals surface area contributed by atoms with Crippen molar-refractivity contribution in [3.63, 3.8) is 0 Å². The minimum absolute atomic E-state index is 0.155. The average molecular weight is 291 g/mol. The normalized spacial score (nSPS) is 12.2. The second kappa shape index (κ2) is 7.18. The lowest BCUT2D eigenvalue weighted by Gasteiger charge is -2.17. The Morgan fingerprint density at radius 3 is 2.71 bits per heavy atom. The van der Waals surface area contributed by atoms with E-state index in [1.54, 1.807) is 6.92 Å². The summed E-state index contributed by atoms with van der Waals surface area (Å²) in [6.07, 6.45) is 1.49. The van der Waals surface area contributed by atoms with Crippen molar-refractivity contribution in [3.05, 3.63) is 65.2 Å². The summed E-state index contributed by atoms with van der Waals surface area (Å²) in [5, 5.41) is 12.0. The molecule has 1 atom stereocenters. The van der Waals surface area contributed by atoms with E-state index < -0.39 is 11.6 Å². The molecule has 0 heterocycles. The molecule has 0 aromatic heterocycles. The summed E-state index contributed by atoms with van der Waals surface area (Å²) in [6, 6.07) is 10.9. The van der Waals surface area contributed by atoms with Gasteiger partial charge in [0.1, 0.15) is 11.6 Å². The molecule has 0 bridgehead atoms. The van der Waals surface area contributed by atoms with Crippen molar-refractivity contribution in [3.8, 4) is 0 Å². The molecular formula is C17H19F2NO. The molecule has 1 unspecified atom stereocenters. The van der Waals surface area contributed by atoms with Crippen molar-refractivity contribution in [2.75, 3.05) is 11.9 Å². The zero-order chi connectivity index (χ0) is 15.2. The number of benzene rings is 2. The molecule has 2 N–H and O–H groups in total. The van der Waals surface area contributed by atoms with E-state index in [-0.39, 0.29) is 12.6 Å². The van der Waals surface area contributed by atoms with Crippen LogP contribution in [0.2, 0.25) is 0 Å². The van der Waals surface area contributed by atoms with E-state index in [4.69, 9.17) is 5.11 Å². The van der Waals surface area contributed by atoms with Crippen LogP contribution >= 0.6 is 0 Å². The van der Waals surface area contributed by atoms with E-state index in [1.165, 1.54) is 6.07 Å². The first-order valence-electron chi connectivity index (χ1n) is 7.01. The zero-order valence-electron chi connectivity index (χ0n) is 11.9. The third kappa shape index (κ3) is 4.26. The molecule has 4 heteroatoms. The van der Waals surface area contributed by atoms with Gasteiger partial charge >= 0.3 is 0 Å². The Kier molecular flexibility index (Phi) is 5.28. The van der Waals surface area contributed by atoms with Crippen LogP contribution in [0.25, 0.3) is 0 Å². The zero-order valence-corrected chi connectivity index (χ0v) is 11.9. The highest BCUT2D eigenvalue weighted by molar-refractivity contribution is 5.47. The van der Waals surface area contributed by atoms with Crippen molar-refractivity contribution in [1.29, 1.82) is 0 Å². The van der Waals surface area contributed by atoms with Gasteiger partial charge in [-0.15, -0.1) is 0 Å². The number of rotatable bonds is 6. The van der Waals surface area contributed by atoms with Gasteiger partial charge in [-0.25, -0.2) is 8.78 Å². The van der Waals surface area contributed by atoms with Crippen LogP contribution in [0.4, 0.5) is 14.5 Å². The van der Waals surface area contributed by atoms with Crippen LogP contribution in [0.15, 0.2) is 42.5 Å². The maximum absolute atomic E-state index is 13.7. The molecule has 0 aliphatic carbocycles. The molecule has 2 nitrogen and oxygen atoms in total. The Morgan fingerprint density at radius 2 is 1.95 bits per heavy atom. The van der Waals surface area contributed by atoms with Gasteiger partial charge in [0, 0.05) is 17.9 Å². The van der Waals surface area contributed by atoms with Gasteiger partial charge in [-0.05, 0) is 55.7 Å². The van der Waals surface area contributed by atoms with E-state index in [2.05, 4.69) is 5.32 Å². The van der Waals surface area contributed by atoms with Crippen LogP contribution < -0.4 is 5.32 Å². The Morgan fingerprint density at radius 1 is 1.14 bits per heavy atom. The molecule has 0 radical (unpaired) electrons. The van der Waals surface area contributed by atoms with Gasteiger partial charge in [-0.2, -0.15) is 0 Å². The fraction of sp³-hybridized carbons (Fsp3) is 0.294. The van der Waals surface area contributed by atoms with E-state index >= 15 is 0 Å². The highest BCUT2D eigenvalue weighted by Gasteiger charge is 2.12. The third-order valence-electron chi connectivity index (χ3n) is 3.36. The lowest BCUT2D eigenvalue weighted by atomic mass is 10.1. The number of hydrogen-bond acceptors (Lipinski definition) is 2. The van der Waals surface area contributed by atoms with Crippen molar-refractivity contribution in [2.45, 2.75) is 25.8 Å². The van der Waals surface area contributed by atoms with Crippen LogP contribution in [-0.4, -0.2) is 11.7 Å². The maximum Gasteiger partial charge on any atom is 0.128 e. The van der Waals surface area contributed by atoms with Gasteiger partial charge in [0.2, 0.25) is 0 Å². The van der Waals surface area contributed by atoms with Crippen LogP contribution in [0.1, 0.15) is 30.5 Å². The summed E-state index contributed by atoms with van der Waals surface area (Å²) < 4.78 is 27.0. The second-order valence-corrected chi connectivity index (χ2v) is 5.06. The van der Waals surface area contributed by atoms with Crippen LogP contribution in [0, 0.1) is 11.6 Å². The van der Waals surface area contributed by atoms with Gasteiger partial charge in [0.15, 0.2) is 0 Å². The minimum Gasteiger partial charge on any atom is -0.396 e. The Hall–Kier alpha value is -1.94. The first kappa shape index (κ1) is 15.4. The van der Waals surface area contributed by atoms with Crippen LogP contribution in [-0.2, 0) is 6.42 Å². The van der Waals surface area contributed by atoms with Gasteiger partial charge in [0.25, 0.3) is 0 Å².